The lowest BCUT2D eigenvalue weighted by Crippen LogP contribution is -2.54. The van der Waals surface area contributed by atoms with E-state index in [1.807, 2.05) is 10.9 Å². The van der Waals surface area contributed by atoms with Gasteiger partial charge < -0.3 is 5.32 Å². The molecule has 1 N–H and O–H groups in total. The highest BCUT2D eigenvalue weighted by Crippen LogP contribution is 2.31. The van der Waals surface area contributed by atoms with Crippen LogP contribution in [0.1, 0.15) is 29.9 Å². The van der Waals surface area contributed by atoms with Crippen LogP contribution in [0.4, 0.5) is 0 Å². The third kappa shape index (κ3) is 5.27. The lowest BCUT2D eigenvalue weighted by Gasteiger charge is -2.41. The van der Waals surface area contributed by atoms with Gasteiger partial charge in [-0.15, -0.1) is 0 Å². The van der Waals surface area contributed by atoms with Crippen molar-refractivity contribution < 1.29 is 0 Å². The van der Waals surface area contributed by atoms with Crippen LogP contribution >= 0.6 is 11.6 Å². The van der Waals surface area contributed by atoms with Crippen LogP contribution in [-0.4, -0.2) is 46.9 Å². The number of halogens is 1. The largest absolute Gasteiger partial charge is 0.314 e. The Morgan fingerprint density at radius 1 is 0.966 bits per heavy atom. The van der Waals surface area contributed by atoms with Gasteiger partial charge in [-0.25, -0.2) is 0 Å². The van der Waals surface area contributed by atoms with Crippen LogP contribution in [0, 0.1) is 0 Å². The van der Waals surface area contributed by atoms with Crippen LogP contribution in [0.3, 0.4) is 0 Å². The van der Waals surface area contributed by atoms with Gasteiger partial charge in [0, 0.05) is 44.3 Å². The van der Waals surface area contributed by atoms with Gasteiger partial charge in [0.05, 0.1) is 11.2 Å². The Morgan fingerprint density at radius 3 is 2.24 bits per heavy atom. The number of nitrogens with zero attached hydrogens (tertiary/aromatic N) is 3. The highest BCUT2D eigenvalue weighted by Gasteiger charge is 2.31. The van der Waals surface area contributed by atoms with E-state index in [9.17, 15) is 0 Å². The highest BCUT2D eigenvalue weighted by atomic mass is 35.5. The molecule has 2 heterocycles. The molecule has 1 atom stereocenters. The van der Waals surface area contributed by atoms with Crippen LogP contribution in [-0.2, 0) is 6.54 Å². The standard InChI is InChI=1S/C24H29ClN4/c25-22-17-27-29(19-22)15-8-7-14-28-16-13-26-18-23(28)24(20-9-3-1-4-10-20)21-11-5-2-6-12-21/h1-6,9-12,17,19,23-24,26H,7-8,13-16,18H2. The second kappa shape index (κ2) is 10.1. The third-order valence-corrected chi connectivity index (χ3v) is 5.98. The number of aryl methyl sites for hydroxylation is 1. The second-order valence-corrected chi connectivity index (χ2v) is 8.17. The fourth-order valence-corrected chi connectivity index (χ4v) is 4.54. The molecule has 29 heavy (non-hydrogen) atoms. The van der Waals surface area contributed by atoms with Gasteiger partial charge in [0.2, 0.25) is 0 Å². The molecule has 1 fully saturated rings. The molecule has 0 bridgehead atoms. The van der Waals surface area contributed by atoms with E-state index in [0.717, 1.165) is 45.6 Å². The summed E-state index contributed by atoms with van der Waals surface area (Å²) in [4.78, 5) is 2.68. The Bertz CT molecular complexity index is 825. The van der Waals surface area contributed by atoms with Crippen molar-refractivity contribution in [1.82, 2.24) is 20.0 Å². The average molecular weight is 409 g/mol. The van der Waals surface area contributed by atoms with Crippen molar-refractivity contribution >= 4 is 11.6 Å². The second-order valence-electron chi connectivity index (χ2n) is 7.74. The van der Waals surface area contributed by atoms with Gasteiger partial charge in [0.25, 0.3) is 0 Å². The van der Waals surface area contributed by atoms with E-state index < -0.39 is 0 Å². The molecule has 1 unspecified atom stereocenters. The summed E-state index contributed by atoms with van der Waals surface area (Å²) >= 11 is 5.97. The number of hydrogen-bond donors (Lipinski definition) is 1. The van der Waals surface area contributed by atoms with E-state index >= 15 is 0 Å². The molecule has 4 nitrogen and oxygen atoms in total. The monoisotopic (exact) mass is 408 g/mol. The average Bonchev–Trinajstić information content (AvgIpc) is 3.19. The van der Waals surface area contributed by atoms with E-state index in [1.165, 1.54) is 11.1 Å². The first kappa shape index (κ1) is 20.1. The first-order chi connectivity index (χ1) is 14.3. The Labute approximate surface area is 178 Å². The molecule has 1 saturated heterocycles. The van der Waals surface area contributed by atoms with E-state index in [1.54, 1.807) is 6.20 Å². The summed E-state index contributed by atoms with van der Waals surface area (Å²) in [6.45, 7) is 5.20. The minimum Gasteiger partial charge on any atom is -0.314 e. The predicted octanol–water partition coefficient (Wildman–Crippen LogP) is 4.42. The van der Waals surface area contributed by atoms with Crippen LogP contribution < -0.4 is 5.32 Å². The molecule has 3 aromatic rings. The van der Waals surface area contributed by atoms with Crippen molar-refractivity contribution in [2.45, 2.75) is 31.3 Å². The molecule has 0 amide bonds. The van der Waals surface area contributed by atoms with E-state index in [4.69, 9.17) is 11.6 Å². The molecule has 0 aliphatic carbocycles. The van der Waals surface area contributed by atoms with Crippen molar-refractivity contribution in [3.05, 3.63) is 89.2 Å². The Balaban J connectivity index is 1.46. The summed E-state index contributed by atoms with van der Waals surface area (Å²) in [5, 5.41) is 8.63. The summed E-state index contributed by atoms with van der Waals surface area (Å²) in [7, 11) is 0. The zero-order valence-electron chi connectivity index (χ0n) is 16.8. The zero-order chi connectivity index (χ0) is 19.9. The van der Waals surface area contributed by atoms with Crippen LogP contribution in [0.5, 0.6) is 0 Å². The Kier molecular flexibility index (Phi) is 6.99. The normalized spacial score (nSPS) is 17.7. The van der Waals surface area contributed by atoms with E-state index in [-0.39, 0.29) is 0 Å². The maximum absolute atomic E-state index is 5.97. The van der Waals surface area contributed by atoms with Gasteiger partial charge in [-0.1, -0.05) is 72.3 Å². The number of rotatable bonds is 8. The lowest BCUT2D eigenvalue weighted by molar-refractivity contribution is 0.144. The van der Waals surface area contributed by atoms with E-state index in [0.29, 0.717) is 17.0 Å². The minimum atomic E-state index is 0.370. The zero-order valence-corrected chi connectivity index (χ0v) is 17.5. The quantitative estimate of drug-likeness (QED) is 0.560. The first-order valence-electron chi connectivity index (χ1n) is 10.5. The van der Waals surface area contributed by atoms with Crippen LogP contribution in [0.25, 0.3) is 0 Å². The van der Waals surface area contributed by atoms with Crippen molar-refractivity contribution in [2.24, 2.45) is 0 Å². The summed E-state index contributed by atoms with van der Waals surface area (Å²) < 4.78 is 1.94. The van der Waals surface area contributed by atoms with Gasteiger partial charge >= 0.3 is 0 Å². The summed E-state index contributed by atoms with van der Waals surface area (Å²) in [6.07, 6.45) is 5.87. The molecule has 1 aliphatic rings. The van der Waals surface area contributed by atoms with Crippen LogP contribution in [0.2, 0.25) is 5.02 Å². The number of aromatic nitrogens is 2. The molecule has 4 rings (SSSR count). The van der Waals surface area contributed by atoms with E-state index in [2.05, 4.69) is 76.0 Å². The molecule has 0 spiro atoms. The van der Waals surface area contributed by atoms with Gasteiger partial charge in [0.15, 0.2) is 0 Å². The number of piperazine rings is 1. The first-order valence-corrected chi connectivity index (χ1v) is 10.9. The summed E-state index contributed by atoms with van der Waals surface area (Å²) in [6, 6.07) is 22.3. The predicted molar refractivity (Wildman–Crippen MR) is 119 cm³/mol. The van der Waals surface area contributed by atoms with Crippen molar-refractivity contribution in [3.63, 3.8) is 0 Å². The van der Waals surface area contributed by atoms with Gasteiger partial charge in [-0.2, -0.15) is 5.10 Å². The number of unbranched alkanes of at least 4 members (excludes halogenated alkanes) is 1. The molecule has 152 valence electrons. The number of hydrogen-bond acceptors (Lipinski definition) is 3. The third-order valence-electron chi connectivity index (χ3n) is 5.78. The highest BCUT2D eigenvalue weighted by molar-refractivity contribution is 6.30. The molecule has 0 radical (unpaired) electrons. The van der Waals surface area contributed by atoms with Gasteiger partial charge in [0.1, 0.15) is 0 Å². The molecule has 5 heteroatoms. The fraction of sp³-hybridized carbons (Fsp3) is 0.375. The summed E-state index contributed by atoms with van der Waals surface area (Å²) in [5.41, 5.74) is 2.78. The summed E-state index contributed by atoms with van der Waals surface area (Å²) in [5.74, 6) is 0.370. The maximum atomic E-state index is 5.97. The SMILES string of the molecule is Clc1cnn(CCCCN2CCNCC2C(c2ccccc2)c2ccccc2)c1. The molecular weight excluding hydrogens is 380 g/mol. The minimum absolute atomic E-state index is 0.370. The maximum Gasteiger partial charge on any atom is 0.0785 e. The fourth-order valence-electron chi connectivity index (χ4n) is 4.38. The molecular formula is C24H29ClN4. The van der Waals surface area contributed by atoms with Crippen molar-refractivity contribution in [3.8, 4) is 0 Å². The molecule has 0 saturated carbocycles. The van der Waals surface area contributed by atoms with Crippen LogP contribution in [0.15, 0.2) is 73.1 Å². The van der Waals surface area contributed by atoms with Crippen molar-refractivity contribution in [1.29, 1.82) is 0 Å². The molecule has 1 aliphatic heterocycles. The lowest BCUT2D eigenvalue weighted by atomic mass is 9.83. The number of benzene rings is 2. The van der Waals surface area contributed by atoms with Gasteiger partial charge in [-0.3, -0.25) is 9.58 Å². The smallest absolute Gasteiger partial charge is 0.0785 e. The molecule has 1 aromatic heterocycles. The number of nitrogens with one attached hydrogen (secondary N) is 1. The van der Waals surface area contributed by atoms with Crippen molar-refractivity contribution in [2.75, 3.05) is 26.2 Å². The Morgan fingerprint density at radius 2 is 1.62 bits per heavy atom. The topological polar surface area (TPSA) is 33.1 Å². The molecule has 2 aromatic carbocycles. The Hall–Kier alpha value is -2.14. The van der Waals surface area contributed by atoms with Gasteiger partial charge in [-0.05, 0) is 30.5 Å².